The Morgan fingerprint density at radius 2 is 1.38 bits per heavy atom. The molecule has 3 aromatic carbocycles. The summed E-state index contributed by atoms with van der Waals surface area (Å²) in [5.74, 6) is 0. The largest absolute Gasteiger partial charge is 0.274 e. The van der Waals surface area contributed by atoms with E-state index < -0.39 is 6.19 Å². The zero-order valence-corrected chi connectivity index (χ0v) is 17.3. The third-order valence-corrected chi connectivity index (χ3v) is 8.98. The Morgan fingerprint density at radius 3 is 1.85 bits per heavy atom. The van der Waals surface area contributed by atoms with Crippen molar-refractivity contribution in [3.05, 3.63) is 95.0 Å². The lowest BCUT2D eigenvalue weighted by molar-refractivity contribution is 0.689. The first-order valence-electron chi connectivity index (χ1n) is 8.25. The number of nitriles is 1. The van der Waals surface area contributed by atoms with Gasteiger partial charge < -0.3 is 0 Å². The van der Waals surface area contributed by atoms with E-state index in [2.05, 4.69) is 51.4 Å². The zero-order valence-electron chi connectivity index (χ0n) is 14.0. The molecule has 0 aliphatic rings. The van der Waals surface area contributed by atoms with Crippen molar-refractivity contribution in [1.29, 1.82) is 5.26 Å². The van der Waals surface area contributed by atoms with Crippen LogP contribution in [0.4, 0.5) is 0 Å². The fourth-order valence-corrected chi connectivity index (χ4v) is 6.65. The molecule has 3 rings (SSSR count). The SMILES string of the molecule is N#CC[C@H](NP(=S)(c1ccccc1)c1ccccc1)c1ccc(Br)cc1. The normalized spacial score (nSPS) is 12.3. The molecule has 0 amide bonds. The molecule has 5 heteroatoms. The Kier molecular flexibility index (Phi) is 6.40. The number of halogens is 1. The fraction of sp³-hybridized carbons (Fsp3) is 0.0952. The van der Waals surface area contributed by atoms with E-state index in [1.54, 1.807) is 0 Å². The minimum atomic E-state index is -2.27. The third-order valence-electron chi connectivity index (χ3n) is 4.15. The zero-order chi connectivity index (χ0) is 18.4. The first-order valence-corrected chi connectivity index (χ1v) is 11.8. The van der Waals surface area contributed by atoms with Gasteiger partial charge in [-0.1, -0.05) is 101 Å². The van der Waals surface area contributed by atoms with Crippen LogP contribution in [0.15, 0.2) is 89.4 Å². The molecular formula is C21H18BrN2PS. The van der Waals surface area contributed by atoms with Crippen molar-refractivity contribution in [2.75, 3.05) is 0 Å². The summed E-state index contributed by atoms with van der Waals surface area (Å²) in [5, 5.41) is 15.3. The van der Waals surface area contributed by atoms with Gasteiger partial charge in [-0.15, -0.1) is 0 Å². The Bertz CT molecular complexity index is 894. The van der Waals surface area contributed by atoms with Gasteiger partial charge in [-0.3, -0.25) is 5.09 Å². The van der Waals surface area contributed by atoms with E-state index in [1.165, 1.54) is 0 Å². The van der Waals surface area contributed by atoms with Gasteiger partial charge in [0, 0.05) is 21.1 Å². The van der Waals surface area contributed by atoms with Gasteiger partial charge in [0.2, 0.25) is 0 Å². The van der Waals surface area contributed by atoms with Gasteiger partial charge in [-0.05, 0) is 17.7 Å². The van der Waals surface area contributed by atoms with Crippen molar-refractivity contribution in [1.82, 2.24) is 5.09 Å². The van der Waals surface area contributed by atoms with E-state index in [0.717, 1.165) is 20.6 Å². The second-order valence-corrected chi connectivity index (χ2v) is 10.9. The molecule has 1 N–H and O–H groups in total. The molecule has 0 saturated heterocycles. The monoisotopic (exact) mass is 440 g/mol. The number of nitrogens with zero attached hydrogens (tertiary/aromatic N) is 1. The van der Waals surface area contributed by atoms with E-state index in [1.807, 2.05) is 60.7 Å². The first kappa shape index (κ1) is 19.0. The number of hydrogen-bond acceptors (Lipinski definition) is 2. The minimum Gasteiger partial charge on any atom is -0.274 e. The maximum absolute atomic E-state index is 9.37. The molecule has 130 valence electrons. The van der Waals surface area contributed by atoms with Gasteiger partial charge in [0.15, 0.2) is 0 Å². The van der Waals surface area contributed by atoms with Crippen LogP contribution in [-0.4, -0.2) is 0 Å². The van der Waals surface area contributed by atoms with Crippen molar-refractivity contribution in [2.45, 2.75) is 12.5 Å². The van der Waals surface area contributed by atoms with Crippen LogP contribution < -0.4 is 15.7 Å². The third kappa shape index (κ3) is 4.31. The van der Waals surface area contributed by atoms with E-state index in [-0.39, 0.29) is 6.04 Å². The molecule has 0 unspecified atom stereocenters. The van der Waals surface area contributed by atoms with Gasteiger partial charge in [0.05, 0.1) is 18.7 Å². The van der Waals surface area contributed by atoms with Crippen LogP contribution >= 0.6 is 22.1 Å². The van der Waals surface area contributed by atoms with E-state index in [0.29, 0.717) is 6.42 Å². The Hall–Kier alpha value is -1.76. The summed E-state index contributed by atoms with van der Waals surface area (Å²) in [6.07, 6.45) is -1.91. The summed E-state index contributed by atoms with van der Waals surface area (Å²) < 4.78 is 1.02. The molecule has 0 spiro atoms. The summed E-state index contributed by atoms with van der Waals surface area (Å²) in [6.45, 7) is 0. The van der Waals surface area contributed by atoms with Gasteiger partial charge in [-0.2, -0.15) is 5.26 Å². The van der Waals surface area contributed by atoms with Gasteiger partial charge in [-0.25, -0.2) is 0 Å². The molecule has 0 radical (unpaired) electrons. The van der Waals surface area contributed by atoms with Gasteiger partial charge >= 0.3 is 0 Å². The lowest BCUT2D eigenvalue weighted by atomic mass is 10.1. The summed E-state index contributed by atoms with van der Waals surface area (Å²) in [4.78, 5) is 0. The topological polar surface area (TPSA) is 35.8 Å². The van der Waals surface area contributed by atoms with Crippen molar-refractivity contribution >= 4 is 44.5 Å². The average molecular weight is 441 g/mol. The predicted octanol–water partition coefficient (Wildman–Crippen LogP) is 5.04. The summed E-state index contributed by atoms with van der Waals surface area (Å²) in [7, 11) is 0. The molecule has 0 saturated carbocycles. The van der Waals surface area contributed by atoms with Crippen molar-refractivity contribution in [3.63, 3.8) is 0 Å². The molecule has 2 nitrogen and oxygen atoms in total. The van der Waals surface area contributed by atoms with Crippen LogP contribution in [0.5, 0.6) is 0 Å². The number of rotatable bonds is 6. The predicted molar refractivity (Wildman–Crippen MR) is 117 cm³/mol. The fourth-order valence-electron chi connectivity index (χ4n) is 2.82. The minimum absolute atomic E-state index is 0.126. The van der Waals surface area contributed by atoms with Crippen LogP contribution in [0, 0.1) is 11.3 Å². The molecule has 0 aliphatic carbocycles. The molecule has 0 fully saturated rings. The van der Waals surface area contributed by atoms with E-state index in [9.17, 15) is 5.26 Å². The molecule has 1 atom stereocenters. The van der Waals surface area contributed by atoms with Crippen LogP contribution in [0.3, 0.4) is 0 Å². The number of hydrogen-bond donors (Lipinski definition) is 1. The van der Waals surface area contributed by atoms with Crippen molar-refractivity contribution < 1.29 is 0 Å². The molecule has 0 heterocycles. The highest BCUT2D eigenvalue weighted by atomic mass is 79.9. The Labute approximate surface area is 168 Å². The smallest absolute Gasteiger partial charge is 0.0689 e. The first-order chi connectivity index (χ1) is 12.6. The molecule has 0 bridgehead atoms. The van der Waals surface area contributed by atoms with Crippen molar-refractivity contribution in [3.8, 4) is 6.07 Å². The second kappa shape index (κ2) is 8.75. The molecule has 0 aliphatic heterocycles. The summed E-state index contributed by atoms with van der Waals surface area (Å²) in [5.41, 5.74) is 1.07. The maximum atomic E-state index is 9.37. The quantitative estimate of drug-likeness (QED) is 0.545. The van der Waals surface area contributed by atoms with Gasteiger partial charge in [0.1, 0.15) is 0 Å². The Morgan fingerprint density at radius 1 is 0.885 bits per heavy atom. The van der Waals surface area contributed by atoms with E-state index >= 15 is 0 Å². The molecule has 3 aromatic rings. The molecule has 26 heavy (non-hydrogen) atoms. The average Bonchev–Trinajstić information content (AvgIpc) is 2.69. The lowest BCUT2D eigenvalue weighted by Crippen LogP contribution is -2.30. The second-order valence-electron chi connectivity index (χ2n) is 5.88. The highest BCUT2D eigenvalue weighted by Crippen LogP contribution is 2.42. The lowest BCUT2D eigenvalue weighted by Gasteiger charge is -2.29. The van der Waals surface area contributed by atoms with Crippen LogP contribution in [0.1, 0.15) is 18.0 Å². The highest BCUT2D eigenvalue weighted by Gasteiger charge is 2.26. The Balaban J connectivity index is 2.06. The highest BCUT2D eigenvalue weighted by molar-refractivity contribution is 9.10. The standard InChI is InChI=1S/C21H18BrN2PS/c22-18-13-11-17(12-14-18)21(15-16-23)24-25(26,19-7-3-1-4-8-19)20-9-5-2-6-10-20/h1-14,21H,15H2,(H,24,26)/t21-/m0/s1. The maximum Gasteiger partial charge on any atom is 0.0689 e. The van der Waals surface area contributed by atoms with Crippen LogP contribution in [-0.2, 0) is 11.8 Å². The summed E-state index contributed by atoms with van der Waals surface area (Å²) in [6, 6.07) is 30.6. The van der Waals surface area contributed by atoms with Crippen LogP contribution in [0.25, 0.3) is 0 Å². The van der Waals surface area contributed by atoms with E-state index in [4.69, 9.17) is 11.8 Å². The summed E-state index contributed by atoms with van der Waals surface area (Å²) >= 11 is 9.70. The number of benzene rings is 3. The van der Waals surface area contributed by atoms with Crippen LogP contribution in [0.2, 0.25) is 0 Å². The molecule has 0 aromatic heterocycles. The molecular weight excluding hydrogens is 423 g/mol. The number of nitrogens with one attached hydrogen (secondary N) is 1. The van der Waals surface area contributed by atoms with Crippen molar-refractivity contribution in [2.24, 2.45) is 0 Å². The van der Waals surface area contributed by atoms with Gasteiger partial charge in [0.25, 0.3) is 0 Å².